The summed E-state index contributed by atoms with van der Waals surface area (Å²) in [5.41, 5.74) is 5.05. The first-order valence-corrected chi connectivity index (χ1v) is 13.8. The van der Waals surface area contributed by atoms with Gasteiger partial charge in [0.15, 0.2) is 11.3 Å². The average molecular weight is 473 g/mol. The zero-order valence-corrected chi connectivity index (χ0v) is 21.9. The molecule has 0 unspecified atom stereocenters. The fourth-order valence-electron chi connectivity index (χ4n) is 5.02. The maximum atomic E-state index is 6.40. The third-order valence-electron chi connectivity index (χ3n) is 6.99. The van der Waals surface area contributed by atoms with E-state index in [4.69, 9.17) is 9.40 Å². The number of aryl methyl sites for hydroxylation is 1. The normalized spacial score (nSPS) is 12.4. The van der Waals surface area contributed by atoms with E-state index >= 15 is 0 Å². The molecule has 0 saturated heterocycles. The highest BCUT2D eigenvalue weighted by Gasteiger charge is 2.16. The maximum absolute atomic E-state index is 6.40. The van der Waals surface area contributed by atoms with Crippen LogP contribution in [0.5, 0.6) is 0 Å². The number of aromatic nitrogens is 1. The quantitative estimate of drug-likeness (QED) is 0.0952. The fourth-order valence-corrected chi connectivity index (χ4v) is 5.02. The van der Waals surface area contributed by atoms with Crippen LogP contribution in [0.15, 0.2) is 51.9 Å². The fraction of sp³-hybridized carbons (Fsp3) is 0.484. The lowest BCUT2D eigenvalue weighted by Crippen LogP contribution is -2.78. The third-order valence-corrected chi connectivity index (χ3v) is 6.99. The summed E-state index contributed by atoms with van der Waals surface area (Å²) >= 11 is 0. The predicted molar refractivity (Wildman–Crippen MR) is 147 cm³/mol. The number of rotatable bonds is 13. The summed E-state index contributed by atoms with van der Waals surface area (Å²) < 4.78 is 6.40. The van der Waals surface area contributed by atoms with E-state index in [1.54, 1.807) is 0 Å². The van der Waals surface area contributed by atoms with Gasteiger partial charge in [-0.15, -0.1) is 0 Å². The van der Waals surface area contributed by atoms with E-state index in [9.17, 15) is 0 Å². The van der Waals surface area contributed by atoms with Gasteiger partial charge in [-0.3, -0.25) is 4.99 Å². The van der Waals surface area contributed by atoms with E-state index in [2.05, 4.69) is 67.5 Å². The van der Waals surface area contributed by atoms with Crippen molar-refractivity contribution >= 4 is 27.6 Å². The molecular weight excluding hydrogens is 430 g/mol. The SMILES string of the molecule is CCCCCCCCCCCC[NH2+]c1cc2oc3cc(=NCC)c(C)cc-3nc2c2ccccc12. The molecule has 0 saturated carbocycles. The van der Waals surface area contributed by atoms with Crippen molar-refractivity contribution in [3.63, 3.8) is 0 Å². The van der Waals surface area contributed by atoms with Gasteiger partial charge in [0, 0.05) is 29.4 Å². The van der Waals surface area contributed by atoms with Crippen LogP contribution in [0.3, 0.4) is 0 Å². The van der Waals surface area contributed by atoms with E-state index < -0.39 is 0 Å². The van der Waals surface area contributed by atoms with Gasteiger partial charge in [0.25, 0.3) is 0 Å². The molecule has 0 bridgehead atoms. The first-order valence-electron chi connectivity index (χ1n) is 13.8. The van der Waals surface area contributed by atoms with Crippen molar-refractivity contribution in [2.24, 2.45) is 4.99 Å². The lowest BCUT2D eigenvalue weighted by atomic mass is 10.1. The predicted octanol–water partition coefficient (Wildman–Crippen LogP) is 7.43. The molecule has 1 aliphatic carbocycles. The molecule has 2 N–H and O–H groups in total. The Hall–Kier alpha value is -2.72. The smallest absolute Gasteiger partial charge is 0.159 e. The van der Waals surface area contributed by atoms with Crippen molar-refractivity contribution < 1.29 is 9.73 Å². The Bertz CT molecular complexity index is 1270. The second-order valence-electron chi connectivity index (χ2n) is 9.83. The molecule has 0 spiro atoms. The van der Waals surface area contributed by atoms with Crippen molar-refractivity contribution in [3.8, 4) is 11.5 Å². The van der Waals surface area contributed by atoms with Crippen LogP contribution < -0.4 is 10.7 Å². The van der Waals surface area contributed by atoms with Gasteiger partial charge in [-0.1, -0.05) is 76.5 Å². The van der Waals surface area contributed by atoms with Gasteiger partial charge in [0.05, 0.1) is 11.9 Å². The topological polar surface area (TPSA) is 55.0 Å². The third kappa shape index (κ3) is 6.49. The van der Waals surface area contributed by atoms with Crippen molar-refractivity contribution in [1.29, 1.82) is 0 Å². The van der Waals surface area contributed by atoms with E-state index in [1.165, 1.54) is 75.3 Å². The molecular formula is C31H42N3O+. The minimum absolute atomic E-state index is 0.760. The van der Waals surface area contributed by atoms with Gasteiger partial charge in [-0.05, 0) is 44.4 Å². The minimum Gasteiger partial charge on any atom is -0.452 e. The van der Waals surface area contributed by atoms with Crippen molar-refractivity contribution in [3.05, 3.63) is 53.4 Å². The molecule has 0 fully saturated rings. The van der Waals surface area contributed by atoms with Crippen LogP contribution in [0, 0.1) is 6.92 Å². The van der Waals surface area contributed by atoms with Crippen molar-refractivity contribution in [2.75, 3.05) is 13.1 Å². The van der Waals surface area contributed by atoms with Crippen LogP contribution in [0.4, 0.5) is 5.69 Å². The number of benzene rings is 3. The molecule has 0 aromatic heterocycles. The molecule has 4 rings (SSSR count). The van der Waals surface area contributed by atoms with Gasteiger partial charge >= 0.3 is 0 Å². The van der Waals surface area contributed by atoms with Crippen LogP contribution >= 0.6 is 0 Å². The summed E-state index contributed by atoms with van der Waals surface area (Å²) in [6, 6.07) is 14.9. The van der Waals surface area contributed by atoms with Crippen LogP contribution in [-0.2, 0) is 0 Å². The first-order chi connectivity index (χ1) is 17.2. The van der Waals surface area contributed by atoms with Crippen molar-refractivity contribution in [2.45, 2.75) is 85.0 Å². The highest BCUT2D eigenvalue weighted by molar-refractivity contribution is 6.08. The number of hydrogen-bond acceptors (Lipinski definition) is 3. The Morgan fingerprint density at radius 1 is 0.829 bits per heavy atom. The zero-order chi connectivity index (χ0) is 24.5. The number of hydrogen-bond donors (Lipinski definition) is 1. The van der Waals surface area contributed by atoms with Crippen LogP contribution in [0.25, 0.3) is 33.3 Å². The molecule has 1 heterocycles. The molecule has 0 amide bonds. The Kier molecular flexibility index (Phi) is 9.30. The number of unbranched alkanes of at least 4 members (excludes halogenated alkanes) is 9. The second kappa shape index (κ2) is 12.8. The minimum atomic E-state index is 0.760. The molecule has 2 aromatic rings. The van der Waals surface area contributed by atoms with E-state index in [1.807, 2.05) is 6.07 Å². The Labute approximate surface area is 210 Å². The van der Waals surface area contributed by atoms with Gasteiger partial charge in [-0.25, -0.2) is 4.98 Å². The van der Waals surface area contributed by atoms with E-state index in [0.29, 0.717) is 0 Å². The highest BCUT2D eigenvalue weighted by Crippen LogP contribution is 2.32. The van der Waals surface area contributed by atoms with E-state index in [0.717, 1.165) is 52.0 Å². The summed E-state index contributed by atoms with van der Waals surface area (Å²) in [5.74, 6) is 0.797. The summed E-state index contributed by atoms with van der Waals surface area (Å²) in [5, 5.41) is 5.78. The maximum Gasteiger partial charge on any atom is 0.159 e. The summed E-state index contributed by atoms with van der Waals surface area (Å²) in [4.78, 5) is 9.62. The van der Waals surface area contributed by atoms with Crippen LogP contribution in [0.2, 0.25) is 0 Å². The Morgan fingerprint density at radius 2 is 1.51 bits per heavy atom. The van der Waals surface area contributed by atoms with Crippen molar-refractivity contribution in [1.82, 2.24) is 4.98 Å². The standard InChI is InChI=1S/C31H41N3O/c1-4-6-7-8-9-10-11-12-13-16-19-33-27-22-30-31(25-18-15-14-17-24(25)27)34-28-20-23(3)26(32-5-2)21-29(28)35-30/h14-15,17-18,20-22,33H,4-13,16,19H2,1-3H3/p+1. The second-order valence-corrected chi connectivity index (χ2v) is 9.83. The number of quaternary nitrogens is 1. The molecule has 4 nitrogen and oxygen atoms in total. The summed E-state index contributed by atoms with van der Waals surface area (Å²) in [6.07, 6.45) is 13.7. The molecule has 186 valence electrons. The van der Waals surface area contributed by atoms with Crippen LogP contribution in [-0.4, -0.2) is 18.1 Å². The van der Waals surface area contributed by atoms with Gasteiger partial charge in [-0.2, -0.15) is 0 Å². The van der Waals surface area contributed by atoms with E-state index in [-0.39, 0.29) is 0 Å². The molecule has 1 aliphatic heterocycles. The Balaban J connectivity index is 1.45. The molecule has 0 radical (unpaired) electrons. The zero-order valence-electron chi connectivity index (χ0n) is 21.9. The average Bonchev–Trinajstić information content (AvgIpc) is 2.87. The molecule has 2 aliphatic rings. The first kappa shape index (κ1) is 25.4. The molecule has 2 aromatic carbocycles. The highest BCUT2D eigenvalue weighted by atomic mass is 16.3. The molecule has 4 heteroatoms. The van der Waals surface area contributed by atoms with Crippen LogP contribution in [0.1, 0.15) is 83.6 Å². The molecule has 0 atom stereocenters. The van der Waals surface area contributed by atoms with Gasteiger partial charge < -0.3 is 9.73 Å². The number of fused-ring (bicyclic) bond motifs is 4. The monoisotopic (exact) mass is 472 g/mol. The number of nitrogens with two attached hydrogens (primary N) is 1. The number of nitrogens with zero attached hydrogens (tertiary/aromatic N) is 2. The Morgan fingerprint density at radius 3 is 2.23 bits per heavy atom. The lowest BCUT2D eigenvalue weighted by molar-refractivity contribution is -0.570. The largest absolute Gasteiger partial charge is 0.452 e. The molecule has 35 heavy (non-hydrogen) atoms. The van der Waals surface area contributed by atoms with Gasteiger partial charge in [0.1, 0.15) is 16.9 Å². The lowest BCUT2D eigenvalue weighted by Gasteiger charge is -2.12. The summed E-state index contributed by atoms with van der Waals surface area (Å²) in [6.45, 7) is 8.29. The van der Waals surface area contributed by atoms with Gasteiger partial charge in [0.2, 0.25) is 0 Å². The summed E-state index contributed by atoms with van der Waals surface area (Å²) in [7, 11) is 0.